The molecule has 0 aliphatic carbocycles. The lowest BCUT2D eigenvalue weighted by Crippen LogP contribution is -2.28. The maximum Gasteiger partial charge on any atom is 0.269 e. The molecule has 0 saturated heterocycles. The Kier molecular flexibility index (Phi) is 6.55. The second-order valence-corrected chi connectivity index (χ2v) is 4.59. The van der Waals surface area contributed by atoms with Gasteiger partial charge in [0.1, 0.15) is 11.8 Å². The quantitative estimate of drug-likeness (QED) is 0.759. The third-order valence-corrected chi connectivity index (χ3v) is 2.50. The lowest BCUT2D eigenvalue weighted by molar-refractivity contribution is 0.0901. The summed E-state index contributed by atoms with van der Waals surface area (Å²) in [7, 11) is 0. The molecule has 1 rings (SSSR count). The van der Waals surface area contributed by atoms with Crippen molar-refractivity contribution in [1.29, 1.82) is 5.26 Å². The fraction of sp³-hybridized carbons (Fsp3) is 0.500. The number of carbonyl (C=O) groups is 1. The number of pyridine rings is 1. The van der Waals surface area contributed by atoms with Crippen molar-refractivity contribution in [1.82, 2.24) is 10.3 Å². The van der Waals surface area contributed by atoms with E-state index in [2.05, 4.69) is 24.1 Å². The van der Waals surface area contributed by atoms with Crippen LogP contribution >= 0.6 is 0 Å². The molecule has 0 atom stereocenters. The molecule has 0 aliphatic rings. The summed E-state index contributed by atoms with van der Waals surface area (Å²) in [5.41, 5.74) is 0.745. The second-order valence-electron chi connectivity index (χ2n) is 4.59. The van der Waals surface area contributed by atoms with Gasteiger partial charge in [-0.1, -0.05) is 13.8 Å². The number of aromatic nitrogens is 1. The van der Waals surface area contributed by atoms with E-state index in [1.807, 2.05) is 6.07 Å². The van der Waals surface area contributed by atoms with Crippen molar-refractivity contribution in [3.63, 3.8) is 0 Å². The molecule has 0 radical (unpaired) electrons. The molecule has 1 aromatic heterocycles. The number of nitrogens with one attached hydrogen (secondary N) is 1. The van der Waals surface area contributed by atoms with Gasteiger partial charge in [0.05, 0.1) is 12.2 Å². The maximum absolute atomic E-state index is 11.7. The van der Waals surface area contributed by atoms with Crippen LogP contribution in [0.1, 0.15) is 36.3 Å². The Morgan fingerprint density at radius 3 is 2.84 bits per heavy atom. The maximum atomic E-state index is 11.7. The third-order valence-electron chi connectivity index (χ3n) is 2.50. The van der Waals surface area contributed by atoms with E-state index in [1.54, 1.807) is 6.07 Å². The molecule has 102 valence electrons. The molecule has 1 N–H and O–H groups in total. The van der Waals surface area contributed by atoms with Crippen LogP contribution in [0.25, 0.3) is 0 Å². The van der Waals surface area contributed by atoms with E-state index < -0.39 is 0 Å². The highest BCUT2D eigenvalue weighted by Crippen LogP contribution is 1.99. The molecule has 0 fully saturated rings. The van der Waals surface area contributed by atoms with Gasteiger partial charge >= 0.3 is 0 Å². The van der Waals surface area contributed by atoms with Gasteiger partial charge in [-0.25, -0.2) is 4.98 Å². The van der Waals surface area contributed by atoms with Crippen LogP contribution in [-0.2, 0) is 4.74 Å². The monoisotopic (exact) mass is 261 g/mol. The van der Waals surface area contributed by atoms with Crippen molar-refractivity contribution >= 4 is 5.91 Å². The number of hydrogen-bond donors (Lipinski definition) is 1. The minimum Gasteiger partial charge on any atom is -0.380 e. The van der Waals surface area contributed by atoms with E-state index in [1.165, 1.54) is 12.3 Å². The summed E-state index contributed by atoms with van der Waals surface area (Å²) in [6, 6.07) is 5.06. The summed E-state index contributed by atoms with van der Waals surface area (Å²) in [5, 5.41) is 11.3. The predicted molar refractivity (Wildman–Crippen MR) is 71.6 cm³/mol. The zero-order chi connectivity index (χ0) is 14.1. The Labute approximate surface area is 113 Å². The summed E-state index contributed by atoms with van der Waals surface area (Å²) < 4.78 is 5.39. The summed E-state index contributed by atoms with van der Waals surface area (Å²) in [6.45, 7) is 5.94. The summed E-state index contributed by atoms with van der Waals surface area (Å²) >= 11 is 0. The number of nitriles is 1. The van der Waals surface area contributed by atoms with Gasteiger partial charge in [-0.05, 0) is 24.5 Å². The van der Waals surface area contributed by atoms with E-state index in [4.69, 9.17) is 10.00 Å². The standard InChI is InChI=1S/C14H19N3O2/c1-11(2)5-7-19-8-6-16-14(18)13-4-3-12(9-15)10-17-13/h3-4,10-11H,5-8H2,1-2H3,(H,16,18). The van der Waals surface area contributed by atoms with Crippen LogP contribution in [0.5, 0.6) is 0 Å². The van der Waals surface area contributed by atoms with E-state index in [9.17, 15) is 4.79 Å². The molecular weight excluding hydrogens is 242 g/mol. The summed E-state index contributed by atoms with van der Waals surface area (Å²) in [6.07, 6.45) is 2.40. The Hall–Kier alpha value is -1.93. The lowest BCUT2D eigenvalue weighted by Gasteiger charge is -2.07. The normalized spacial score (nSPS) is 10.2. The zero-order valence-electron chi connectivity index (χ0n) is 11.3. The van der Waals surface area contributed by atoms with Crippen LogP contribution < -0.4 is 5.32 Å². The predicted octanol–water partition coefficient (Wildman–Crippen LogP) is 1.75. The van der Waals surface area contributed by atoms with Gasteiger partial charge in [0.25, 0.3) is 5.91 Å². The first-order valence-corrected chi connectivity index (χ1v) is 6.35. The first kappa shape index (κ1) is 15.1. The smallest absolute Gasteiger partial charge is 0.269 e. The minimum atomic E-state index is -0.253. The van der Waals surface area contributed by atoms with Crippen LogP contribution in [0.15, 0.2) is 18.3 Å². The van der Waals surface area contributed by atoms with Crippen LogP contribution in [0, 0.1) is 17.2 Å². The SMILES string of the molecule is CC(C)CCOCCNC(=O)c1ccc(C#N)cn1. The van der Waals surface area contributed by atoms with Crippen molar-refractivity contribution in [2.45, 2.75) is 20.3 Å². The molecule has 19 heavy (non-hydrogen) atoms. The number of carbonyl (C=O) groups excluding carboxylic acids is 1. The van der Waals surface area contributed by atoms with Gasteiger partial charge in [0.2, 0.25) is 0 Å². The Bertz CT molecular complexity index is 435. The summed E-state index contributed by atoms with van der Waals surface area (Å²) in [5.74, 6) is 0.370. The molecule has 0 aliphatic heterocycles. The molecule has 0 unspecified atom stereocenters. The molecule has 0 bridgehead atoms. The first-order chi connectivity index (χ1) is 9.13. The van der Waals surface area contributed by atoms with Crippen LogP contribution in [0.2, 0.25) is 0 Å². The molecule has 5 nitrogen and oxygen atoms in total. The van der Waals surface area contributed by atoms with Crippen molar-refractivity contribution in [3.8, 4) is 6.07 Å². The van der Waals surface area contributed by atoms with Gasteiger partial charge in [-0.15, -0.1) is 0 Å². The number of nitrogens with zero attached hydrogens (tertiary/aromatic N) is 2. The van der Waals surface area contributed by atoms with E-state index >= 15 is 0 Å². The van der Waals surface area contributed by atoms with Crippen LogP contribution in [-0.4, -0.2) is 30.6 Å². The summed E-state index contributed by atoms with van der Waals surface area (Å²) in [4.78, 5) is 15.6. The highest BCUT2D eigenvalue weighted by Gasteiger charge is 2.06. The Morgan fingerprint density at radius 2 is 2.26 bits per heavy atom. The topological polar surface area (TPSA) is 75.0 Å². The average molecular weight is 261 g/mol. The number of ether oxygens (including phenoxy) is 1. The second kappa shape index (κ2) is 8.22. The fourth-order valence-corrected chi connectivity index (χ4v) is 1.34. The van der Waals surface area contributed by atoms with E-state index in [0.717, 1.165) is 6.42 Å². The van der Waals surface area contributed by atoms with E-state index in [0.29, 0.717) is 36.9 Å². The molecule has 1 amide bonds. The van der Waals surface area contributed by atoms with Crippen LogP contribution in [0.4, 0.5) is 0 Å². The molecule has 0 aromatic carbocycles. The largest absolute Gasteiger partial charge is 0.380 e. The van der Waals surface area contributed by atoms with Gasteiger partial charge < -0.3 is 10.1 Å². The van der Waals surface area contributed by atoms with Crippen molar-refractivity contribution < 1.29 is 9.53 Å². The minimum absolute atomic E-state index is 0.253. The van der Waals surface area contributed by atoms with Gasteiger partial charge in [-0.2, -0.15) is 5.26 Å². The molecular formula is C14H19N3O2. The van der Waals surface area contributed by atoms with Crippen molar-refractivity contribution in [2.24, 2.45) is 5.92 Å². The molecule has 1 aromatic rings. The highest BCUT2D eigenvalue weighted by atomic mass is 16.5. The highest BCUT2D eigenvalue weighted by molar-refractivity contribution is 5.92. The first-order valence-electron chi connectivity index (χ1n) is 6.35. The van der Waals surface area contributed by atoms with Crippen molar-refractivity contribution in [2.75, 3.05) is 19.8 Å². The molecule has 1 heterocycles. The fourth-order valence-electron chi connectivity index (χ4n) is 1.34. The number of amides is 1. The van der Waals surface area contributed by atoms with Crippen molar-refractivity contribution in [3.05, 3.63) is 29.6 Å². The molecule has 0 spiro atoms. The van der Waals surface area contributed by atoms with Gasteiger partial charge in [0.15, 0.2) is 0 Å². The van der Waals surface area contributed by atoms with Crippen LogP contribution in [0.3, 0.4) is 0 Å². The zero-order valence-corrected chi connectivity index (χ0v) is 11.3. The third kappa shape index (κ3) is 5.98. The average Bonchev–Trinajstić information content (AvgIpc) is 2.42. The lowest BCUT2D eigenvalue weighted by atomic mass is 10.1. The number of rotatable bonds is 7. The molecule has 0 saturated carbocycles. The Morgan fingerprint density at radius 1 is 1.47 bits per heavy atom. The Balaban J connectivity index is 2.22. The van der Waals surface area contributed by atoms with E-state index in [-0.39, 0.29) is 5.91 Å². The van der Waals surface area contributed by atoms with Gasteiger partial charge in [0, 0.05) is 19.3 Å². The number of hydrogen-bond acceptors (Lipinski definition) is 4. The van der Waals surface area contributed by atoms with Gasteiger partial charge in [-0.3, -0.25) is 4.79 Å². The molecule has 5 heteroatoms.